The van der Waals surface area contributed by atoms with Gasteiger partial charge in [0.2, 0.25) is 0 Å². The lowest BCUT2D eigenvalue weighted by Crippen LogP contribution is -2.52. The van der Waals surface area contributed by atoms with E-state index in [4.69, 9.17) is 19.9 Å². The minimum atomic E-state index is -0.812. The average molecular weight is 301 g/mol. The van der Waals surface area contributed by atoms with Crippen LogP contribution in [0.15, 0.2) is 0 Å². The van der Waals surface area contributed by atoms with Gasteiger partial charge in [-0.05, 0) is 38.0 Å². The highest BCUT2D eigenvalue weighted by Gasteiger charge is 2.46. The molecule has 0 bridgehead atoms. The van der Waals surface area contributed by atoms with Crippen LogP contribution in [0.1, 0.15) is 46.5 Å². The smallest absolute Gasteiger partial charge is 0.326 e. The summed E-state index contributed by atoms with van der Waals surface area (Å²) in [6, 6.07) is 0. The van der Waals surface area contributed by atoms with Gasteiger partial charge in [0.05, 0.1) is 19.8 Å². The Kier molecular flexibility index (Phi) is 8.22. The molecule has 1 fully saturated rings. The third-order valence-electron chi connectivity index (χ3n) is 3.96. The Morgan fingerprint density at radius 2 is 2.00 bits per heavy atom. The molecule has 0 radical (unpaired) electrons. The van der Waals surface area contributed by atoms with Gasteiger partial charge in [-0.3, -0.25) is 4.79 Å². The van der Waals surface area contributed by atoms with Crippen molar-refractivity contribution in [3.8, 4) is 0 Å². The monoisotopic (exact) mass is 301 g/mol. The largest absolute Gasteiger partial charge is 0.465 e. The van der Waals surface area contributed by atoms with Gasteiger partial charge in [0.1, 0.15) is 5.54 Å². The third kappa shape index (κ3) is 5.93. The van der Waals surface area contributed by atoms with E-state index in [2.05, 4.69) is 13.8 Å². The molecule has 0 heterocycles. The summed E-state index contributed by atoms with van der Waals surface area (Å²) in [5, 5.41) is 0. The van der Waals surface area contributed by atoms with E-state index < -0.39 is 5.54 Å². The molecule has 0 aromatic carbocycles. The molecule has 2 N–H and O–H groups in total. The maximum absolute atomic E-state index is 12.0. The SMILES string of the molecule is CCOC(=O)C1(N)CCCC1CCOCCOCC(C)C. The number of carbonyl (C=O) groups is 1. The number of nitrogens with two attached hydrogens (primary N) is 1. The second-order valence-corrected chi connectivity index (χ2v) is 6.22. The van der Waals surface area contributed by atoms with E-state index >= 15 is 0 Å². The number of rotatable bonds is 10. The number of esters is 1. The first-order chi connectivity index (χ1) is 10.0. The van der Waals surface area contributed by atoms with E-state index in [1.165, 1.54) is 0 Å². The first-order valence-corrected chi connectivity index (χ1v) is 8.12. The van der Waals surface area contributed by atoms with Gasteiger partial charge in [-0.1, -0.05) is 20.3 Å². The maximum atomic E-state index is 12.0. The van der Waals surface area contributed by atoms with E-state index in [-0.39, 0.29) is 11.9 Å². The molecule has 1 aliphatic rings. The second kappa shape index (κ2) is 9.38. The lowest BCUT2D eigenvalue weighted by Gasteiger charge is -2.28. The Bertz CT molecular complexity index is 309. The maximum Gasteiger partial charge on any atom is 0.326 e. The van der Waals surface area contributed by atoms with Gasteiger partial charge in [-0.25, -0.2) is 0 Å². The average Bonchev–Trinajstić information content (AvgIpc) is 2.80. The molecule has 5 nitrogen and oxygen atoms in total. The predicted molar refractivity (Wildman–Crippen MR) is 82.0 cm³/mol. The van der Waals surface area contributed by atoms with Gasteiger partial charge < -0.3 is 19.9 Å². The van der Waals surface area contributed by atoms with Crippen molar-refractivity contribution in [3.63, 3.8) is 0 Å². The van der Waals surface area contributed by atoms with Gasteiger partial charge in [0, 0.05) is 13.2 Å². The summed E-state index contributed by atoms with van der Waals surface area (Å²) in [5.74, 6) is 0.451. The summed E-state index contributed by atoms with van der Waals surface area (Å²) in [5.41, 5.74) is 5.46. The quantitative estimate of drug-likeness (QED) is 0.494. The molecule has 0 amide bonds. The topological polar surface area (TPSA) is 70.8 Å². The van der Waals surface area contributed by atoms with Crippen molar-refractivity contribution in [1.82, 2.24) is 0 Å². The van der Waals surface area contributed by atoms with Crippen LogP contribution in [0.25, 0.3) is 0 Å². The van der Waals surface area contributed by atoms with Crippen LogP contribution in [0.2, 0.25) is 0 Å². The van der Waals surface area contributed by atoms with Gasteiger partial charge in [-0.2, -0.15) is 0 Å². The summed E-state index contributed by atoms with van der Waals surface area (Å²) in [4.78, 5) is 12.0. The molecule has 2 atom stereocenters. The molecular weight excluding hydrogens is 270 g/mol. The Balaban J connectivity index is 2.20. The highest BCUT2D eigenvalue weighted by Crippen LogP contribution is 2.36. The molecule has 124 valence electrons. The molecule has 1 saturated carbocycles. The third-order valence-corrected chi connectivity index (χ3v) is 3.96. The Hall–Kier alpha value is -0.650. The Morgan fingerprint density at radius 1 is 1.29 bits per heavy atom. The van der Waals surface area contributed by atoms with Crippen LogP contribution < -0.4 is 5.73 Å². The minimum Gasteiger partial charge on any atom is -0.465 e. The van der Waals surface area contributed by atoms with Gasteiger partial charge in [0.25, 0.3) is 0 Å². The lowest BCUT2D eigenvalue weighted by molar-refractivity contribution is -0.151. The zero-order chi connectivity index (χ0) is 15.7. The van der Waals surface area contributed by atoms with Crippen molar-refractivity contribution in [2.75, 3.05) is 33.0 Å². The number of hydrogen-bond acceptors (Lipinski definition) is 5. The fourth-order valence-electron chi connectivity index (χ4n) is 2.80. The number of ether oxygens (including phenoxy) is 3. The summed E-state index contributed by atoms with van der Waals surface area (Å²) < 4.78 is 16.1. The molecule has 0 spiro atoms. The number of hydrogen-bond donors (Lipinski definition) is 1. The van der Waals surface area contributed by atoms with Gasteiger partial charge >= 0.3 is 5.97 Å². The van der Waals surface area contributed by atoms with Crippen molar-refractivity contribution >= 4 is 5.97 Å². The van der Waals surface area contributed by atoms with Crippen molar-refractivity contribution < 1.29 is 19.0 Å². The molecule has 1 rings (SSSR count). The van der Waals surface area contributed by atoms with Crippen LogP contribution in [0.3, 0.4) is 0 Å². The predicted octanol–water partition coefficient (Wildman–Crippen LogP) is 2.13. The van der Waals surface area contributed by atoms with E-state index in [9.17, 15) is 4.79 Å². The van der Waals surface area contributed by atoms with Gasteiger partial charge in [-0.15, -0.1) is 0 Å². The first-order valence-electron chi connectivity index (χ1n) is 8.12. The first kappa shape index (κ1) is 18.4. The van der Waals surface area contributed by atoms with Crippen LogP contribution in [0, 0.1) is 11.8 Å². The van der Waals surface area contributed by atoms with Crippen molar-refractivity contribution in [3.05, 3.63) is 0 Å². The molecular formula is C16H31NO4. The highest BCUT2D eigenvalue weighted by molar-refractivity contribution is 5.81. The molecule has 2 unspecified atom stereocenters. The summed E-state index contributed by atoms with van der Waals surface area (Å²) in [6.07, 6.45) is 3.48. The highest BCUT2D eigenvalue weighted by atomic mass is 16.5. The number of carbonyl (C=O) groups excluding carboxylic acids is 1. The normalized spacial score (nSPS) is 25.5. The van der Waals surface area contributed by atoms with Crippen LogP contribution in [0.5, 0.6) is 0 Å². The van der Waals surface area contributed by atoms with Crippen molar-refractivity contribution in [2.45, 2.75) is 52.0 Å². The Labute approximate surface area is 128 Å². The van der Waals surface area contributed by atoms with Crippen molar-refractivity contribution in [1.29, 1.82) is 0 Å². The fraction of sp³-hybridized carbons (Fsp3) is 0.938. The van der Waals surface area contributed by atoms with E-state index in [0.29, 0.717) is 38.8 Å². The molecule has 0 aliphatic heterocycles. The molecule has 21 heavy (non-hydrogen) atoms. The standard InChI is InChI=1S/C16H31NO4/c1-4-21-15(18)16(17)8-5-6-14(16)7-9-19-10-11-20-12-13(2)3/h13-14H,4-12,17H2,1-3H3. The second-order valence-electron chi connectivity index (χ2n) is 6.22. The lowest BCUT2D eigenvalue weighted by atomic mass is 9.86. The molecule has 5 heteroatoms. The summed E-state index contributed by atoms with van der Waals surface area (Å²) in [6.45, 7) is 9.04. The van der Waals surface area contributed by atoms with Gasteiger partial charge in [0.15, 0.2) is 0 Å². The Morgan fingerprint density at radius 3 is 2.67 bits per heavy atom. The van der Waals surface area contributed by atoms with Crippen LogP contribution >= 0.6 is 0 Å². The van der Waals surface area contributed by atoms with Crippen molar-refractivity contribution in [2.24, 2.45) is 17.6 Å². The summed E-state index contributed by atoms with van der Waals surface area (Å²) in [7, 11) is 0. The molecule has 0 aromatic heterocycles. The molecule has 1 aliphatic carbocycles. The summed E-state index contributed by atoms with van der Waals surface area (Å²) >= 11 is 0. The minimum absolute atomic E-state index is 0.160. The zero-order valence-corrected chi connectivity index (χ0v) is 13.7. The van der Waals surface area contributed by atoms with Crippen LogP contribution in [-0.2, 0) is 19.0 Å². The van der Waals surface area contributed by atoms with E-state index in [0.717, 1.165) is 25.9 Å². The van der Waals surface area contributed by atoms with E-state index in [1.807, 2.05) is 6.92 Å². The molecule has 0 saturated heterocycles. The molecule has 0 aromatic rings. The zero-order valence-electron chi connectivity index (χ0n) is 13.7. The van der Waals surface area contributed by atoms with Crippen LogP contribution in [-0.4, -0.2) is 44.5 Å². The van der Waals surface area contributed by atoms with Crippen LogP contribution in [0.4, 0.5) is 0 Å². The fourth-order valence-corrected chi connectivity index (χ4v) is 2.80. The van der Waals surface area contributed by atoms with E-state index in [1.54, 1.807) is 0 Å².